The highest BCUT2D eigenvalue weighted by molar-refractivity contribution is 6.30. The summed E-state index contributed by atoms with van der Waals surface area (Å²) in [4.78, 5) is 7.74. The molecule has 0 saturated carbocycles. The van der Waals surface area contributed by atoms with Gasteiger partial charge in [-0.3, -0.25) is 0 Å². The minimum absolute atomic E-state index is 0. The van der Waals surface area contributed by atoms with E-state index in [0.29, 0.717) is 10.7 Å². The number of anilines is 1. The molecule has 0 aliphatic rings. The summed E-state index contributed by atoms with van der Waals surface area (Å²) >= 11 is 5.85. The molecular weight excluding hydrogens is 269 g/mol. The van der Waals surface area contributed by atoms with Crippen LogP contribution >= 0.6 is 24.0 Å². The molecule has 18 heavy (non-hydrogen) atoms. The second kappa shape index (κ2) is 4.88. The van der Waals surface area contributed by atoms with Crippen LogP contribution in [0.25, 0.3) is 22.4 Å². The Morgan fingerprint density at radius 3 is 2.50 bits per heavy atom. The molecule has 1 aromatic heterocycles. The van der Waals surface area contributed by atoms with E-state index in [1.165, 1.54) is 0 Å². The molecule has 0 aliphatic carbocycles. The highest BCUT2D eigenvalue weighted by atomic mass is 35.5. The number of nitrogens with one attached hydrogen (secondary N) is 1. The molecular formula is C13H11Cl2N3. The van der Waals surface area contributed by atoms with Gasteiger partial charge in [0.2, 0.25) is 0 Å². The maximum atomic E-state index is 5.85. The normalized spacial score (nSPS) is 10.3. The van der Waals surface area contributed by atoms with Crippen LogP contribution < -0.4 is 5.73 Å². The summed E-state index contributed by atoms with van der Waals surface area (Å²) in [5, 5.41) is 0.717. The van der Waals surface area contributed by atoms with Crippen LogP contribution in [0.5, 0.6) is 0 Å². The molecule has 0 spiro atoms. The van der Waals surface area contributed by atoms with E-state index in [1.807, 2.05) is 42.5 Å². The van der Waals surface area contributed by atoms with Gasteiger partial charge in [0.15, 0.2) is 0 Å². The molecule has 3 N–H and O–H groups in total. The van der Waals surface area contributed by atoms with Crippen molar-refractivity contribution >= 4 is 40.7 Å². The van der Waals surface area contributed by atoms with Crippen molar-refractivity contribution in [3.8, 4) is 11.4 Å². The van der Waals surface area contributed by atoms with E-state index < -0.39 is 0 Å². The highest BCUT2D eigenvalue weighted by Gasteiger charge is 2.05. The van der Waals surface area contributed by atoms with E-state index in [-0.39, 0.29) is 12.4 Å². The molecule has 0 unspecified atom stereocenters. The van der Waals surface area contributed by atoms with Crippen molar-refractivity contribution < 1.29 is 0 Å². The summed E-state index contributed by atoms with van der Waals surface area (Å²) in [7, 11) is 0. The van der Waals surface area contributed by atoms with Gasteiger partial charge >= 0.3 is 0 Å². The molecule has 3 rings (SSSR count). The summed E-state index contributed by atoms with van der Waals surface area (Å²) in [5.41, 5.74) is 9.29. The van der Waals surface area contributed by atoms with E-state index in [1.54, 1.807) is 0 Å². The topological polar surface area (TPSA) is 54.7 Å². The third-order valence-electron chi connectivity index (χ3n) is 2.62. The summed E-state index contributed by atoms with van der Waals surface area (Å²) in [6, 6.07) is 13.2. The van der Waals surface area contributed by atoms with Crippen molar-refractivity contribution in [2.75, 3.05) is 5.73 Å². The zero-order valence-corrected chi connectivity index (χ0v) is 10.9. The molecule has 0 fully saturated rings. The number of hydrogen-bond acceptors (Lipinski definition) is 2. The molecule has 0 amide bonds. The number of imidazole rings is 1. The first-order valence-corrected chi connectivity index (χ1v) is 5.61. The Hall–Kier alpha value is -1.71. The number of nitrogen functional groups attached to an aromatic ring is 1. The van der Waals surface area contributed by atoms with Gasteiger partial charge < -0.3 is 10.7 Å². The molecule has 92 valence electrons. The summed E-state index contributed by atoms with van der Waals surface area (Å²) in [6.07, 6.45) is 0. The van der Waals surface area contributed by atoms with Crippen LogP contribution in [0.15, 0.2) is 42.5 Å². The number of H-pyrrole nitrogens is 1. The van der Waals surface area contributed by atoms with Crippen molar-refractivity contribution in [2.45, 2.75) is 0 Å². The van der Waals surface area contributed by atoms with Crippen molar-refractivity contribution in [3.05, 3.63) is 47.5 Å². The van der Waals surface area contributed by atoms with Crippen LogP contribution in [-0.4, -0.2) is 9.97 Å². The Morgan fingerprint density at radius 2 is 1.78 bits per heavy atom. The first-order valence-electron chi connectivity index (χ1n) is 5.23. The number of hydrogen-bond donors (Lipinski definition) is 2. The highest BCUT2D eigenvalue weighted by Crippen LogP contribution is 2.23. The molecule has 0 radical (unpaired) electrons. The number of nitrogens with two attached hydrogens (primary N) is 1. The lowest BCUT2D eigenvalue weighted by molar-refractivity contribution is 1.34. The maximum absolute atomic E-state index is 5.85. The second-order valence-electron chi connectivity index (χ2n) is 3.87. The monoisotopic (exact) mass is 279 g/mol. The first-order chi connectivity index (χ1) is 8.22. The fraction of sp³-hybridized carbons (Fsp3) is 0. The van der Waals surface area contributed by atoms with Crippen molar-refractivity contribution in [1.82, 2.24) is 9.97 Å². The predicted octanol–water partition coefficient (Wildman–Crippen LogP) is 3.89. The smallest absolute Gasteiger partial charge is 0.138 e. The van der Waals surface area contributed by atoms with Gasteiger partial charge in [-0.05, 0) is 42.5 Å². The largest absolute Gasteiger partial charge is 0.399 e. The van der Waals surface area contributed by atoms with Crippen LogP contribution in [0, 0.1) is 0 Å². The van der Waals surface area contributed by atoms with Crippen LogP contribution in [-0.2, 0) is 0 Å². The number of benzene rings is 2. The van der Waals surface area contributed by atoms with Crippen molar-refractivity contribution in [3.63, 3.8) is 0 Å². The maximum Gasteiger partial charge on any atom is 0.138 e. The van der Waals surface area contributed by atoms with Gasteiger partial charge in [0.05, 0.1) is 11.0 Å². The average Bonchev–Trinajstić information content (AvgIpc) is 2.72. The molecule has 0 aliphatic heterocycles. The zero-order valence-electron chi connectivity index (χ0n) is 9.35. The van der Waals surface area contributed by atoms with Crippen molar-refractivity contribution in [2.24, 2.45) is 0 Å². The quantitative estimate of drug-likeness (QED) is 0.664. The third-order valence-corrected chi connectivity index (χ3v) is 2.88. The number of halogens is 2. The van der Waals surface area contributed by atoms with Crippen LogP contribution in [0.3, 0.4) is 0 Å². The lowest BCUT2D eigenvalue weighted by Gasteiger charge is -1.95. The van der Waals surface area contributed by atoms with Crippen LogP contribution in [0.1, 0.15) is 0 Å². The molecule has 0 atom stereocenters. The predicted molar refractivity (Wildman–Crippen MR) is 78.2 cm³/mol. The molecule has 2 aromatic carbocycles. The van der Waals surface area contributed by atoms with Gasteiger partial charge in [-0.25, -0.2) is 4.98 Å². The number of nitrogens with zero attached hydrogens (tertiary/aromatic N) is 1. The van der Waals surface area contributed by atoms with Gasteiger partial charge in [0, 0.05) is 16.3 Å². The number of rotatable bonds is 1. The van der Waals surface area contributed by atoms with E-state index in [2.05, 4.69) is 9.97 Å². The van der Waals surface area contributed by atoms with E-state index in [0.717, 1.165) is 22.4 Å². The van der Waals surface area contributed by atoms with Gasteiger partial charge in [-0.15, -0.1) is 12.4 Å². The van der Waals surface area contributed by atoms with Gasteiger partial charge in [0.1, 0.15) is 5.82 Å². The fourth-order valence-corrected chi connectivity index (χ4v) is 1.89. The second-order valence-corrected chi connectivity index (χ2v) is 4.31. The Bertz CT molecular complexity index is 674. The van der Waals surface area contributed by atoms with E-state index in [9.17, 15) is 0 Å². The van der Waals surface area contributed by atoms with Crippen LogP contribution in [0.4, 0.5) is 5.69 Å². The first kappa shape index (κ1) is 12.7. The fourth-order valence-electron chi connectivity index (χ4n) is 1.77. The molecule has 1 heterocycles. The lowest BCUT2D eigenvalue weighted by atomic mass is 10.2. The molecule has 5 heteroatoms. The Morgan fingerprint density at radius 1 is 1.06 bits per heavy atom. The van der Waals surface area contributed by atoms with Gasteiger partial charge in [-0.1, -0.05) is 11.6 Å². The van der Waals surface area contributed by atoms with Crippen LogP contribution in [0.2, 0.25) is 5.02 Å². The van der Waals surface area contributed by atoms with Gasteiger partial charge in [-0.2, -0.15) is 0 Å². The van der Waals surface area contributed by atoms with Crippen molar-refractivity contribution in [1.29, 1.82) is 0 Å². The molecule has 3 nitrogen and oxygen atoms in total. The zero-order chi connectivity index (χ0) is 11.8. The molecule has 0 saturated heterocycles. The Balaban J connectivity index is 0.00000120. The number of aromatic nitrogens is 2. The third kappa shape index (κ3) is 2.28. The molecule has 0 bridgehead atoms. The minimum atomic E-state index is 0. The summed E-state index contributed by atoms with van der Waals surface area (Å²) < 4.78 is 0. The number of fused-ring (bicyclic) bond motifs is 1. The molecule has 3 aromatic rings. The van der Waals surface area contributed by atoms with E-state index >= 15 is 0 Å². The lowest BCUT2D eigenvalue weighted by Crippen LogP contribution is -1.82. The van der Waals surface area contributed by atoms with E-state index in [4.69, 9.17) is 17.3 Å². The standard InChI is InChI=1S/C13H10ClN3.ClH/c14-9-3-1-8(2-4-9)13-16-11-6-5-10(15)7-12(11)17-13;/h1-7H,15H2,(H,16,17);1H. The summed E-state index contributed by atoms with van der Waals surface area (Å²) in [6.45, 7) is 0. The average molecular weight is 280 g/mol. The van der Waals surface area contributed by atoms with Gasteiger partial charge in [0.25, 0.3) is 0 Å². The SMILES string of the molecule is Cl.Nc1ccc2[nH]c(-c3ccc(Cl)cc3)nc2c1. The Labute approximate surface area is 115 Å². The Kier molecular flexibility index (Phi) is 3.45. The summed E-state index contributed by atoms with van der Waals surface area (Å²) in [5.74, 6) is 0.822. The number of aromatic amines is 1. The minimum Gasteiger partial charge on any atom is -0.399 e.